The second kappa shape index (κ2) is 5.51. The molecule has 2 N–H and O–H groups in total. The van der Waals surface area contributed by atoms with Crippen LogP contribution in [-0.4, -0.2) is 34.6 Å². The first-order chi connectivity index (χ1) is 12.2. The first-order valence-corrected chi connectivity index (χ1v) is 9.54. The fourth-order valence-electron chi connectivity index (χ4n) is 5.77. The highest BCUT2D eigenvalue weighted by Crippen LogP contribution is 2.79. The zero-order valence-electron chi connectivity index (χ0n) is 14.3. The summed E-state index contributed by atoms with van der Waals surface area (Å²) >= 11 is 0. The van der Waals surface area contributed by atoms with Gasteiger partial charge in [0.2, 0.25) is 5.91 Å². The van der Waals surface area contributed by atoms with E-state index in [1.165, 1.54) is 31.7 Å². The Morgan fingerprint density at radius 1 is 1.24 bits per heavy atom. The van der Waals surface area contributed by atoms with E-state index in [0.29, 0.717) is 29.9 Å². The molecule has 0 aromatic carbocycles. The van der Waals surface area contributed by atoms with Crippen molar-refractivity contribution in [1.29, 1.82) is 0 Å². The average Bonchev–Trinajstić information content (AvgIpc) is 3.03. The Kier molecular flexibility index (Phi) is 3.37. The third-order valence-electron chi connectivity index (χ3n) is 7.29. The third kappa shape index (κ3) is 2.29. The van der Waals surface area contributed by atoms with Gasteiger partial charge >= 0.3 is 0 Å². The molecule has 25 heavy (non-hydrogen) atoms. The van der Waals surface area contributed by atoms with Crippen molar-refractivity contribution in [3.8, 4) is 0 Å². The highest BCUT2D eigenvalue weighted by Gasteiger charge is 2.77. The van der Waals surface area contributed by atoms with E-state index in [1.807, 2.05) is 0 Å². The molecule has 0 aliphatic heterocycles. The molecule has 6 nitrogen and oxygen atoms in total. The van der Waals surface area contributed by atoms with Crippen molar-refractivity contribution in [3.63, 3.8) is 0 Å². The summed E-state index contributed by atoms with van der Waals surface area (Å²) in [5, 5.41) is 13.8. The van der Waals surface area contributed by atoms with Crippen molar-refractivity contribution in [1.82, 2.24) is 20.8 Å². The normalized spacial score (nSPS) is 35.8. The van der Waals surface area contributed by atoms with Gasteiger partial charge in [0.25, 0.3) is 5.91 Å². The minimum Gasteiger partial charge on any atom is -0.354 e. The molecule has 4 bridgehead atoms. The van der Waals surface area contributed by atoms with E-state index < -0.39 is 0 Å². The lowest BCUT2D eigenvalue weighted by Gasteiger charge is -2.34. The van der Waals surface area contributed by atoms with E-state index >= 15 is 0 Å². The van der Waals surface area contributed by atoms with Gasteiger partial charge in [-0.15, -0.1) is 0 Å². The molecular weight excluding hydrogens is 316 g/mol. The average molecular weight is 340 g/mol. The zero-order valence-corrected chi connectivity index (χ0v) is 14.3. The Hall–Kier alpha value is -1.98. The van der Waals surface area contributed by atoms with Crippen LogP contribution in [0.4, 0.5) is 0 Å². The molecular formula is C19H24N4O2. The molecule has 1 aromatic rings. The lowest BCUT2D eigenvalue weighted by atomic mass is 9.79. The highest BCUT2D eigenvalue weighted by molar-refractivity contribution is 5.94. The van der Waals surface area contributed by atoms with Gasteiger partial charge in [0.15, 0.2) is 0 Å². The maximum absolute atomic E-state index is 12.8. The summed E-state index contributed by atoms with van der Waals surface area (Å²) < 4.78 is 0. The summed E-state index contributed by atoms with van der Waals surface area (Å²) in [6.45, 7) is 0.541. The molecule has 0 radical (unpaired) electrons. The first-order valence-electron chi connectivity index (χ1n) is 9.54. The number of carbonyl (C=O) groups excluding carboxylic acids is 2. The standard InChI is InChI=1S/C19H24N4O2/c24-17(13-4-5-21-22-9-13)23-16(12-2-1-3-12)10-20-18(25)19-8-11-6-14(19)15(19)7-11/h4-5,9,11-12,14-16H,1-3,6-8,10H2,(H,20,25)(H,23,24). The van der Waals surface area contributed by atoms with Gasteiger partial charge < -0.3 is 10.6 Å². The largest absolute Gasteiger partial charge is 0.354 e. The second-order valence-electron chi connectivity index (χ2n) is 8.41. The van der Waals surface area contributed by atoms with E-state index in [2.05, 4.69) is 20.8 Å². The lowest BCUT2D eigenvalue weighted by Crippen LogP contribution is -2.50. The van der Waals surface area contributed by atoms with Gasteiger partial charge in [-0.3, -0.25) is 9.59 Å². The molecule has 0 spiro atoms. The molecule has 5 fully saturated rings. The number of carbonyl (C=O) groups is 2. The van der Waals surface area contributed by atoms with Gasteiger partial charge in [-0.05, 0) is 61.8 Å². The van der Waals surface area contributed by atoms with Crippen LogP contribution in [0.2, 0.25) is 0 Å². The monoisotopic (exact) mass is 340 g/mol. The van der Waals surface area contributed by atoms with Crippen LogP contribution in [-0.2, 0) is 4.79 Å². The summed E-state index contributed by atoms with van der Waals surface area (Å²) in [7, 11) is 0. The number of nitrogens with one attached hydrogen (secondary N) is 2. The van der Waals surface area contributed by atoms with E-state index in [9.17, 15) is 9.59 Å². The molecule has 1 aromatic heterocycles. The first kappa shape index (κ1) is 15.3. The van der Waals surface area contributed by atoms with Gasteiger partial charge in [-0.1, -0.05) is 6.42 Å². The fourth-order valence-corrected chi connectivity index (χ4v) is 5.77. The Labute approximate surface area is 147 Å². The SMILES string of the molecule is O=C(NC(CNC(=O)C12CC3CC1C2C3)C1CCC1)c1ccnnc1. The Morgan fingerprint density at radius 2 is 2.04 bits per heavy atom. The van der Waals surface area contributed by atoms with Gasteiger partial charge in [-0.2, -0.15) is 10.2 Å². The molecule has 0 saturated heterocycles. The van der Waals surface area contributed by atoms with Crippen molar-refractivity contribution in [2.45, 2.75) is 44.6 Å². The molecule has 5 aliphatic carbocycles. The molecule has 5 aliphatic rings. The molecule has 5 saturated carbocycles. The van der Waals surface area contributed by atoms with Gasteiger partial charge in [0.1, 0.15) is 0 Å². The van der Waals surface area contributed by atoms with Crippen LogP contribution in [0, 0.1) is 29.1 Å². The maximum Gasteiger partial charge on any atom is 0.253 e. The fraction of sp³-hybridized carbons (Fsp3) is 0.684. The third-order valence-corrected chi connectivity index (χ3v) is 7.29. The van der Waals surface area contributed by atoms with Crippen LogP contribution in [0.15, 0.2) is 18.5 Å². The number of rotatable bonds is 6. The van der Waals surface area contributed by atoms with Crippen molar-refractivity contribution in [2.75, 3.05) is 6.54 Å². The van der Waals surface area contributed by atoms with Crippen LogP contribution in [0.1, 0.15) is 48.9 Å². The minimum atomic E-state index is -0.133. The van der Waals surface area contributed by atoms with Crippen molar-refractivity contribution in [2.24, 2.45) is 29.1 Å². The van der Waals surface area contributed by atoms with Crippen LogP contribution in [0.3, 0.4) is 0 Å². The van der Waals surface area contributed by atoms with Crippen LogP contribution < -0.4 is 10.6 Å². The molecule has 2 amide bonds. The van der Waals surface area contributed by atoms with E-state index in [-0.39, 0.29) is 23.3 Å². The number of aromatic nitrogens is 2. The number of hydrogen-bond acceptors (Lipinski definition) is 4. The van der Waals surface area contributed by atoms with Crippen LogP contribution in [0.25, 0.3) is 0 Å². The van der Waals surface area contributed by atoms with Crippen LogP contribution >= 0.6 is 0 Å². The molecule has 1 heterocycles. The summed E-state index contributed by atoms with van der Waals surface area (Å²) in [6, 6.07) is 1.67. The van der Waals surface area contributed by atoms with Gasteiger partial charge in [-0.25, -0.2) is 0 Å². The van der Waals surface area contributed by atoms with E-state index in [0.717, 1.165) is 25.2 Å². The molecule has 132 valence electrons. The highest BCUT2D eigenvalue weighted by atomic mass is 16.2. The summed E-state index contributed by atoms with van der Waals surface area (Å²) in [4.78, 5) is 25.2. The van der Waals surface area contributed by atoms with Crippen molar-refractivity contribution >= 4 is 11.8 Å². The number of nitrogens with zero attached hydrogens (tertiary/aromatic N) is 2. The maximum atomic E-state index is 12.8. The van der Waals surface area contributed by atoms with Crippen LogP contribution in [0.5, 0.6) is 0 Å². The predicted octanol–water partition coefficient (Wildman–Crippen LogP) is 1.54. The predicted molar refractivity (Wildman–Crippen MR) is 90.4 cm³/mol. The Morgan fingerprint density at radius 3 is 2.60 bits per heavy atom. The molecule has 6 heteroatoms. The smallest absolute Gasteiger partial charge is 0.253 e. The summed E-state index contributed by atoms with van der Waals surface area (Å²) in [5.41, 5.74) is 0.483. The van der Waals surface area contributed by atoms with Gasteiger partial charge in [0, 0.05) is 12.6 Å². The Bertz CT molecular complexity index is 691. The number of amides is 2. The van der Waals surface area contributed by atoms with E-state index in [1.54, 1.807) is 6.07 Å². The molecule has 6 rings (SSSR count). The minimum absolute atomic E-state index is 0.00312. The molecule has 3 unspecified atom stereocenters. The Balaban J connectivity index is 1.22. The zero-order chi connectivity index (χ0) is 17.0. The summed E-state index contributed by atoms with van der Waals surface area (Å²) in [6.07, 6.45) is 10.1. The lowest BCUT2D eigenvalue weighted by molar-refractivity contribution is -0.127. The molecule has 3 atom stereocenters. The van der Waals surface area contributed by atoms with Crippen molar-refractivity contribution in [3.05, 3.63) is 24.0 Å². The summed E-state index contributed by atoms with van der Waals surface area (Å²) in [5.74, 6) is 2.67. The topological polar surface area (TPSA) is 84.0 Å². The second-order valence-corrected chi connectivity index (χ2v) is 8.41. The van der Waals surface area contributed by atoms with E-state index in [4.69, 9.17) is 0 Å². The van der Waals surface area contributed by atoms with Gasteiger partial charge in [0.05, 0.1) is 23.4 Å². The quantitative estimate of drug-likeness (QED) is 0.823. The van der Waals surface area contributed by atoms with Crippen molar-refractivity contribution < 1.29 is 9.59 Å². The number of hydrogen-bond donors (Lipinski definition) is 2.